The lowest BCUT2D eigenvalue weighted by molar-refractivity contribution is 0.625. The Morgan fingerprint density at radius 3 is 2.67 bits per heavy atom. The summed E-state index contributed by atoms with van der Waals surface area (Å²) in [6.07, 6.45) is 3.66. The van der Waals surface area contributed by atoms with Crippen molar-refractivity contribution in [1.29, 1.82) is 0 Å². The third kappa shape index (κ3) is 5.93. The molecule has 0 aliphatic carbocycles. The molecule has 132 valence electrons. The van der Waals surface area contributed by atoms with Crippen LogP contribution < -0.4 is 10.6 Å². The number of nitrogens with one attached hydrogen (secondary N) is 2. The second kappa shape index (κ2) is 10.5. The molecule has 0 spiro atoms. The molecule has 2 N–H and O–H groups in total. The molecule has 2 rings (SSSR count). The van der Waals surface area contributed by atoms with E-state index in [1.807, 2.05) is 23.9 Å². The van der Waals surface area contributed by atoms with Gasteiger partial charge in [0, 0.05) is 26.4 Å². The van der Waals surface area contributed by atoms with Gasteiger partial charge in [0.2, 0.25) is 0 Å². The smallest absolute Gasteiger partial charge is 0.191 e. The third-order valence-corrected chi connectivity index (χ3v) is 3.96. The highest BCUT2D eigenvalue weighted by atomic mass is 127. The minimum atomic E-state index is -0.206. The topological polar surface area (TPSA) is 67.1 Å². The maximum absolute atomic E-state index is 13.4. The Balaban J connectivity index is 0.00000288. The predicted octanol–water partition coefficient (Wildman–Crippen LogP) is 2.30. The van der Waals surface area contributed by atoms with E-state index in [1.165, 1.54) is 6.07 Å². The molecule has 1 heterocycles. The molecular formula is C15H22FIN6S. The first-order valence-electron chi connectivity index (χ1n) is 7.17. The van der Waals surface area contributed by atoms with Crippen LogP contribution in [0.15, 0.2) is 29.5 Å². The Morgan fingerprint density at radius 2 is 2.04 bits per heavy atom. The molecule has 0 aliphatic rings. The number of aliphatic imine (C=N–C) groups is 1. The molecule has 0 unspecified atom stereocenters. The van der Waals surface area contributed by atoms with E-state index in [0.29, 0.717) is 19.0 Å². The van der Waals surface area contributed by atoms with Crippen LogP contribution in [0.5, 0.6) is 0 Å². The second-order valence-electron chi connectivity index (χ2n) is 4.98. The predicted molar refractivity (Wildman–Crippen MR) is 107 cm³/mol. The molecule has 6 nitrogen and oxygen atoms in total. The van der Waals surface area contributed by atoms with Crippen molar-refractivity contribution in [3.63, 3.8) is 0 Å². The molecule has 0 bridgehead atoms. The Bertz CT molecular complexity index is 676. The Hall–Kier alpha value is -1.36. The van der Waals surface area contributed by atoms with Crippen molar-refractivity contribution in [2.75, 3.05) is 13.3 Å². The van der Waals surface area contributed by atoms with Crippen molar-refractivity contribution in [2.24, 2.45) is 12.0 Å². The molecule has 0 atom stereocenters. The summed E-state index contributed by atoms with van der Waals surface area (Å²) in [5.41, 5.74) is 2.05. The highest BCUT2D eigenvalue weighted by Gasteiger charge is 2.06. The molecule has 1 aromatic carbocycles. The lowest BCUT2D eigenvalue weighted by Crippen LogP contribution is -2.37. The van der Waals surface area contributed by atoms with Crippen molar-refractivity contribution in [2.45, 2.75) is 18.8 Å². The van der Waals surface area contributed by atoms with Gasteiger partial charge in [0.15, 0.2) is 11.8 Å². The number of benzene rings is 1. The van der Waals surface area contributed by atoms with E-state index < -0.39 is 0 Å². The average Bonchev–Trinajstić information content (AvgIpc) is 2.95. The monoisotopic (exact) mass is 464 g/mol. The maximum atomic E-state index is 13.4. The van der Waals surface area contributed by atoms with Crippen LogP contribution in [-0.4, -0.2) is 34.0 Å². The molecule has 24 heavy (non-hydrogen) atoms. The summed E-state index contributed by atoms with van der Waals surface area (Å²) in [5, 5.41) is 14.3. The Kier molecular flexibility index (Phi) is 9.04. The van der Waals surface area contributed by atoms with E-state index in [4.69, 9.17) is 0 Å². The zero-order valence-corrected chi connectivity index (χ0v) is 17.1. The molecule has 0 saturated heterocycles. The number of hydrogen-bond donors (Lipinski definition) is 2. The van der Waals surface area contributed by atoms with Crippen LogP contribution in [0.1, 0.15) is 17.0 Å². The summed E-state index contributed by atoms with van der Waals surface area (Å²) >= 11 is 1.67. The van der Waals surface area contributed by atoms with E-state index in [0.717, 1.165) is 22.7 Å². The fourth-order valence-corrected chi connectivity index (χ4v) is 2.67. The van der Waals surface area contributed by atoms with Crippen molar-refractivity contribution in [3.05, 3.63) is 47.3 Å². The average molecular weight is 464 g/mol. The summed E-state index contributed by atoms with van der Waals surface area (Å²) < 4.78 is 15.2. The van der Waals surface area contributed by atoms with Crippen molar-refractivity contribution < 1.29 is 4.39 Å². The van der Waals surface area contributed by atoms with Gasteiger partial charge in [0.25, 0.3) is 0 Å². The molecule has 2 aromatic rings. The highest BCUT2D eigenvalue weighted by Crippen LogP contribution is 2.16. The fourth-order valence-electron chi connectivity index (χ4n) is 2.09. The summed E-state index contributed by atoms with van der Waals surface area (Å²) in [4.78, 5) is 4.18. The molecule has 9 heteroatoms. The Labute approximate surface area is 162 Å². The number of halogens is 2. The number of nitrogens with zero attached hydrogens (tertiary/aromatic N) is 4. The van der Waals surface area contributed by atoms with Crippen LogP contribution in [0.2, 0.25) is 0 Å². The standard InChI is InChI=1S/C15H21FN6S.HI/c1-17-15(19-8-14-21-20-10-22(14)2)18-7-11-4-5-13(16)6-12(11)9-23-3;/h4-6,10H,7-9H2,1-3H3,(H2,17,18,19);1H. The normalized spacial score (nSPS) is 11.1. The van der Waals surface area contributed by atoms with Crippen LogP contribution in [0, 0.1) is 5.82 Å². The van der Waals surface area contributed by atoms with Gasteiger partial charge in [-0.1, -0.05) is 6.07 Å². The van der Waals surface area contributed by atoms with Gasteiger partial charge in [-0.15, -0.1) is 34.2 Å². The molecule has 0 radical (unpaired) electrons. The number of aryl methyl sites for hydroxylation is 1. The highest BCUT2D eigenvalue weighted by molar-refractivity contribution is 14.0. The second-order valence-corrected chi connectivity index (χ2v) is 5.85. The first kappa shape index (κ1) is 20.7. The third-order valence-electron chi connectivity index (χ3n) is 3.36. The Morgan fingerprint density at radius 1 is 1.29 bits per heavy atom. The quantitative estimate of drug-likeness (QED) is 0.390. The van der Waals surface area contributed by atoms with Gasteiger partial charge >= 0.3 is 0 Å². The zero-order valence-electron chi connectivity index (χ0n) is 13.9. The summed E-state index contributed by atoms with van der Waals surface area (Å²) in [5.74, 6) is 2.05. The van der Waals surface area contributed by atoms with E-state index in [2.05, 4.69) is 25.8 Å². The van der Waals surface area contributed by atoms with Crippen molar-refractivity contribution >= 4 is 41.7 Å². The fraction of sp³-hybridized carbons (Fsp3) is 0.400. The minimum absolute atomic E-state index is 0. The van der Waals surface area contributed by atoms with E-state index in [1.54, 1.807) is 31.2 Å². The van der Waals surface area contributed by atoms with Gasteiger partial charge in [0.1, 0.15) is 12.1 Å². The minimum Gasteiger partial charge on any atom is -0.352 e. The van der Waals surface area contributed by atoms with E-state index in [9.17, 15) is 4.39 Å². The van der Waals surface area contributed by atoms with Crippen LogP contribution in [0.3, 0.4) is 0 Å². The lowest BCUT2D eigenvalue weighted by Gasteiger charge is -2.14. The van der Waals surface area contributed by atoms with Crippen LogP contribution in [-0.2, 0) is 25.9 Å². The van der Waals surface area contributed by atoms with E-state index >= 15 is 0 Å². The summed E-state index contributed by atoms with van der Waals surface area (Å²) in [6, 6.07) is 4.88. The van der Waals surface area contributed by atoms with E-state index in [-0.39, 0.29) is 29.8 Å². The van der Waals surface area contributed by atoms with Gasteiger partial charge in [-0.25, -0.2) is 4.39 Å². The van der Waals surface area contributed by atoms with Crippen LogP contribution in [0.25, 0.3) is 0 Å². The lowest BCUT2D eigenvalue weighted by atomic mass is 10.1. The summed E-state index contributed by atoms with van der Waals surface area (Å²) in [6.45, 7) is 1.10. The van der Waals surface area contributed by atoms with Crippen molar-refractivity contribution in [1.82, 2.24) is 25.4 Å². The van der Waals surface area contributed by atoms with Gasteiger partial charge in [0.05, 0.1) is 6.54 Å². The van der Waals surface area contributed by atoms with Crippen LogP contribution >= 0.6 is 35.7 Å². The van der Waals surface area contributed by atoms with Gasteiger partial charge in [-0.05, 0) is 29.5 Å². The number of rotatable bonds is 6. The maximum Gasteiger partial charge on any atom is 0.191 e. The molecular weight excluding hydrogens is 442 g/mol. The molecule has 0 amide bonds. The SMILES string of the molecule is CN=C(NCc1ccc(F)cc1CSC)NCc1nncn1C.I. The summed E-state index contributed by atoms with van der Waals surface area (Å²) in [7, 11) is 3.60. The largest absolute Gasteiger partial charge is 0.352 e. The van der Waals surface area contributed by atoms with Gasteiger partial charge in [-0.2, -0.15) is 11.8 Å². The molecule has 0 fully saturated rings. The van der Waals surface area contributed by atoms with Gasteiger partial charge < -0.3 is 15.2 Å². The van der Waals surface area contributed by atoms with Crippen molar-refractivity contribution in [3.8, 4) is 0 Å². The van der Waals surface area contributed by atoms with Gasteiger partial charge in [-0.3, -0.25) is 4.99 Å². The molecule has 0 aliphatic heterocycles. The zero-order chi connectivity index (χ0) is 16.7. The number of aromatic nitrogens is 3. The molecule has 1 aromatic heterocycles. The first-order chi connectivity index (χ1) is 11.1. The number of hydrogen-bond acceptors (Lipinski definition) is 4. The molecule has 0 saturated carbocycles. The number of thioether (sulfide) groups is 1. The number of guanidine groups is 1. The van der Waals surface area contributed by atoms with Crippen LogP contribution in [0.4, 0.5) is 4.39 Å². The first-order valence-corrected chi connectivity index (χ1v) is 8.57.